The molecule has 0 radical (unpaired) electrons. The summed E-state index contributed by atoms with van der Waals surface area (Å²) in [6.07, 6.45) is 3.21. The van der Waals surface area contributed by atoms with Gasteiger partial charge in [-0.3, -0.25) is 14.6 Å². The van der Waals surface area contributed by atoms with Crippen molar-refractivity contribution in [1.29, 1.82) is 0 Å². The number of primary amides is 1. The Balaban J connectivity index is 1.27. The Morgan fingerprint density at radius 1 is 1.12 bits per heavy atom. The van der Waals surface area contributed by atoms with Gasteiger partial charge >= 0.3 is 0 Å². The molecule has 41 heavy (non-hydrogen) atoms. The zero-order chi connectivity index (χ0) is 28.8. The number of halogens is 1. The van der Waals surface area contributed by atoms with E-state index < -0.39 is 24.2 Å². The third kappa shape index (κ3) is 5.16. The van der Waals surface area contributed by atoms with Gasteiger partial charge in [0, 0.05) is 65.4 Å². The summed E-state index contributed by atoms with van der Waals surface area (Å²) in [6, 6.07) is 12.2. The van der Waals surface area contributed by atoms with Crippen LogP contribution in [0.3, 0.4) is 0 Å². The van der Waals surface area contributed by atoms with Crippen molar-refractivity contribution < 1.29 is 19.1 Å². The van der Waals surface area contributed by atoms with Crippen molar-refractivity contribution in [3.05, 3.63) is 83.7 Å². The van der Waals surface area contributed by atoms with Gasteiger partial charge in [0.25, 0.3) is 5.91 Å². The normalized spacial score (nSPS) is 17.9. The second-order valence-corrected chi connectivity index (χ2v) is 10.7. The van der Waals surface area contributed by atoms with Crippen LogP contribution in [-0.2, 0) is 17.8 Å². The predicted molar refractivity (Wildman–Crippen MR) is 151 cm³/mol. The van der Waals surface area contributed by atoms with Crippen LogP contribution >= 0.6 is 0 Å². The lowest BCUT2D eigenvalue weighted by Gasteiger charge is -2.28. The molecule has 11 heteroatoms. The number of aliphatic hydroxyl groups excluding tert-OH is 1. The monoisotopic (exact) mass is 555 g/mol. The summed E-state index contributed by atoms with van der Waals surface area (Å²) >= 11 is 0. The van der Waals surface area contributed by atoms with E-state index in [1.165, 1.54) is 4.90 Å². The molecule has 1 saturated heterocycles. The zero-order valence-electron chi connectivity index (χ0n) is 22.7. The Hall–Kier alpha value is -4.64. The number of hydrogen-bond acceptors (Lipinski definition) is 6. The third-order valence-corrected chi connectivity index (χ3v) is 7.64. The number of fused-ring (bicyclic) bond motifs is 2. The lowest BCUT2D eigenvalue weighted by Crippen LogP contribution is -2.45. The van der Waals surface area contributed by atoms with Crippen molar-refractivity contribution >= 4 is 28.4 Å². The molecule has 5 heterocycles. The van der Waals surface area contributed by atoms with Gasteiger partial charge in [-0.05, 0) is 43.7 Å². The molecule has 1 fully saturated rings. The van der Waals surface area contributed by atoms with E-state index >= 15 is 0 Å². The van der Waals surface area contributed by atoms with Gasteiger partial charge in [-0.2, -0.15) is 5.10 Å². The molecule has 1 aliphatic rings. The van der Waals surface area contributed by atoms with Crippen molar-refractivity contribution in [2.75, 3.05) is 6.54 Å². The van der Waals surface area contributed by atoms with Crippen LogP contribution in [0.2, 0.25) is 0 Å². The van der Waals surface area contributed by atoms with E-state index in [-0.39, 0.29) is 37.4 Å². The van der Waals surface area contributed by atoms with Crippen LogP contribution in [0.5, 0.6) is 0 Å². The highest BCUT2D eigenvalue weighted by molar-refractivity contribution is 6.07. The number of aliphatic hydroxyl groups is 1. The largest absolute Gasteiger partial charge is 0.391 e. The van der Waals surface area contributed by atoms with Gasteiger partial charge in [0.1, 0.15) is 12.7 Å². The fraction of sp³-hybridized carbons (Fsp3) is 0.300. The average Bonchev–Trinajstić information content (AvgIpc) is 3.62. The Bertz CT molecular complexity index is 1800. The fourth-order valence-electron chi connectivity index (χ4n) is 5.71. The maximum absolute atomic E-state index is 14.6. The highest BCUT2D eigenvalue weighted by atomic mass is 19.1. The van der Waals surface area contributed by atoms with E-state index in [2.05, 4.69) is 15.1 Å². The Labute approximate surface area is 235 Å². The first kappa shape index (κ1) is 26.6. The quantitative estimate of drug-likeness (QED) is 0.317. The van der Waals surface area contributed by atoms with E-state index in [1.807, 2.05) is 56.4 Å². The number of nitrogens with two attached hydrogens (primary N) is 1. The van der Waals surface area contributed by atoms with Crippen LogP contribution in [-0.4, -0.2) is 70.8 Å². The van der Waals surface area contributed by atoms with Crippen molar-refractivity contribution in [3.63, 3.8) is 0 Å². The molecule has 210 valence electrons. The Morgan fingerprint density at radius 2 is 1.95 bits per heavy atom. The number of aromatic nitrogens is 5. The standard InChI is InChI=1S/C30H30FN7O3/c1-17-4-3-5-22(34-17)11-27(39)26-10-21(31)14-37(26)29(40)16-36-15-24(30(32)41)23-9-19(6-7-25(23)36)20-12-33-28-8-18(2)35-38(28)13-20/h3-9,12-13,15,21,26-27,39H,10-11,14,16H2,1-2H3,(H2,32,41)/t21-,26-,27?/m1/s1. The summed E-state index contributed by atoms with van der Waals surface area (Å²) in [7, 11) is 0. The van der Waals surface area contributed by atoms with Crippen LogP contribution in [0.25, 0.3) is 27.7 Å². The van der Waals surface area contributed by atoms with Gasteiger partial charge in [-0.1, -0.05) is 12.1 Å². The second kappa shape index (κ2) is 10.4. The van der Waals surface area contributed by atoms with Gasteiger partial charge in [0.2, 0.25) is 5.91 Å². The summed E-state index contributed by atoms with van der Waals surface area (Å²) in [5.74, 6) is -0.981. The maximum Gasteiger partial charge on any atom is 0.250 e. The van der Waals surface area contributed by atoms with E-state index in [0.29, 0.717) is 16.6 Å². The number of nitrogens with zero attached hydrogens (tertiary/aromatic N) is 6. The minimum absolute atomic E-state index is 0.0508. The van der Waals surface area contributed by atoms with E-state index in [9.17, 15) is 19.1 Å². The fourth-order valence-corrected chi connectivity index (χ4v) is 5.71. The molecule has 4 aromatic heterocycles. The van der Waals surface area contributed by atoms with Gasteiger partial charge in [0.05, 0.1) is 29.9 Å². The molecule has 0 spiro atoms. The molecule has 5 aromatic rings. The first-order valence-electron chi connectivity index (χ1n) is 13.5. The van der Waals surface area contributed by atoms with Crippen LogP contribution in [0.15, 0.2) is 61.1 Å². The molecule has 10 nitrogen and oxygen atoms in total. The molecule has 3 atom stereocenters. The van der Waals surface area contributed by atoms with Gasteiger partial charge in [-0.15, -0.1) is 0 Å². The molecular weight excluding hydrogens is 525 g/mol. The second-order valence-electron chi connectivity index (χ2n) is 10.7. The molecule has 1 aliphatic heterocycles. The molecule has 0 aliphatic carbocycles. The maximum atomic E-state index is 14.6. The molecule has 3 N–H and O–H groups in total. The molecule has 0 bridgehead atoms. The molecule has 6 rings (SSSR count). The number of amides is 2. The lowest BCUT2D eigenvalue weighted by atomic mass is 10.0. The lowest BCUT2D eigenvalue weighted by molar-refractivity contribution is -0.134. The number of pyridine rings is 1. The number of alkyl halides is 1. The Kier molecular flexibility index (Phi) is 6.74. The summed E-state index contributed by atoms with van der Waals surface area (Å²) in [6.45, 7) is 3.51. The van der Waals surface area contributed by atoms with Crippen LogP contribution in [0.4, 0.5) is 4.39 Å². The van der Waals surface area contributed by atoms with E-state index in [0.717, 1.165) is 28.2 Å². The number of carbonyl (C=O) groups is 2. The number of benzene rings is 1. The van der Waals surface area contributed by atoms with Gasteiger partial charge in [-0.25, -0.2) is 13.9 Å². The number of rotatable bonds is 7. The van der Waals surface area contributed by atoms with Crippen LogP contribution in [0, 0.1) is 13.8 Å². The highest BCUT2D eigenvalue weighted by Gasteiger charge is 2.39. The van der Waals surface area contributed by atoms with Crippen molar-refractivity contribution in [2.24, 2.45) is 5.73 Å². The zero-order valence-corrected chi connectivity index (χ0v) is 22.7. The van der Waals surface area contributed by atoms with Gasteiger partial charge < -0.3 is 20.3 Å². The molecule has 1 unspecified atom stereocenters. The minimum atomic E-state index is -1.24. The summed E-state index contributed by atoms with van der Waals surface area (Å²) in [5.41, 5.74) is 11.3. The summed E-state index contributed by atoms with van der Waals surface area (Å²) in [5, 5.41) is 16.0. The topological polar surface area (TPSA) is 132 Å². The average molecular weight is 556 g/mol. The first-order chi connectivity index (χ1) is 19.7. The summed E-state index contributed by atoms with van der Waals surface area (Å²) < 4.78 is 17.9. The van der Waals surface area contributed by atoms with Crippen LogP contribution in [0.1, 0.15) is 33.9 Å². The smallest absolute Gasteiger partial charge is 0.250 e. The SMILES string of the molecule is Cc1cccc(CC(O)[C@H]2C[C@@H](F)CN2C(=O)Cn2cc(C(N)=O)c3cc(-c4cnc5cc(C)nn5c4)ccc32)n1. The number of aryl methyl sites for hydroxylation is 2. The van der Waals surface area contributed by atoms with Crippen molar-refractivity contribution in [1.82, 2.24) is 29.0 Å². The third-order valence-electron chi connectivity index (χ3n) is 7.64. The Morgan fingerprint density at radius 3 is 2.73 bits per heavy atom. The van der Waals surface area contributed by atoms with E-state index in [1.54, 1.807) is 27.5 Å². The molecule has 1 aromatic carbocycles. The highest BCUT2D eigenvalue weighted by Crippen LogP contribution is 2.30. The number of likely N-dealkylation sites (tertiary alicyclic amines) is 1. The van der Waals surface area contributed by atoms with E-state index in [4.69, 9.17) is 5.73 Å². The van der Waals surface area contributed by atoms with Crippen molar-refractivity contribution in [2.45, 2.75) is 51.6 Å². The van der Waals surface area contributed by atoms with Crippen molar-refractivity contribution in [3.8, 4) is 11.1 Å². The molecular formula is C30H30FN7O3. The molecule has 0 saturated carbocycles. The minimum Gasteiger partial charge on any atom is -0.391 e. The van der Waals surface area contributed by atoms with Crippen LogP contribution < -0.4 is 5.73 Å². The number of carbonyl (C=O) groups excluding carboxylic acids is 2. The summed E-state index contributed by atoms with van der Waals surface area (Å²) in [4.78, 5) is 36.2. The predicted octanol–water partition coefficient (Wildman–Crippen LogP) is 3.00. The van der Waals surface area contributed by atoms with Gasteiger partial charge in [0.15, 0.2) is 5.65 Å². The number of hydrogen-bond donors (Lipinski definition) is 2. The first-order valence-corrected chi connectivity index (χ1v) is 13.5. The molecule has 2 amide bonds.